The molecule has 2 aliphatic rings. The molecule has 10 heteroatoms. The summed E-state index contributed by atoms with van der Waals surface area (Å²) in [5.74, 6) is -0.438. The summed E-state index contributed by atoms with van der Waals surface area (Å²) in [4.78, 5) is 33.5. The fourth-order valence-corrected chi connectivity index (χ4v) is 4.52. The van der Waals surface area contributed by atoms with E-state index in [0.717, 1.165) is 11.1 Å². The second kappa shape index (κ2) is 12.2. The molecule has 0 aliphatic carbocycles. The molecule has 9 nitrogen and oxygen atoms in total. The van der Waals surface area contributed by atoms with Crippen LogP contribution in [0.2, 0.25) is 5.02 Å². The number of hydrogen-bond donors (Lipinski definition) is 2. The monoisotopic (exact) mass is 511 g/mol. The van der Waals surface area contributed by atoms with Crippen LogP contribution in [0.15, 0.2) is 54.6 Å². The summed E-state index contributed by atoms with van der Waals surface area (Å²) >= 11 is 6.00. The lowest BCUT2D eigenvalue weighted by Gasteiger charge is -2.28. The molecule has 190 valence electrons. The van der Waals surface area contributed by atoms with Crippen molar-refractivity contribution in [3.8, 4) is 6.07 Å². The van der Waals surface area contributed by atoms with Crippen LogP contribution in [-0.2, 0) is 27.3 Å². The SMILES string of the molecule is N#CC1(NC(=O)C(Cc2ccc(Cl)cc2)NC(=O)ON2CCOCC2)CCN(Cc2ccccc2)C1. The molecule has 0 bridgehead atoms. The number of nitrogens with zero attached hydrogens (tertiary/aromatic N) is 3. The molecule has 0 radical (unpaired) electrons. The molecule has 2 fully saturated rings. The van der Waals surface area contributed by atoms with Crippen molar-refractivity contribution in [1.82, 2.24) is 20.6 Å². The van der Waals surface area contributed by atoms with Gasteiger partial charge in [0.05, 0.1) is 32.4 Å². The van der Waals surface area contributed by atoms with Gasteiger partial charge < -0.3 is 20.2 Å². The third kappa shape index (κ3) is 7.18. The standard InChI is InChI=1S/C26H30ClN5O4/c27-22-8-6-20(7-9-22)16-23(29-25(34)36-32-12-14-35-15-13-32)24(33)30-26(18-28)10-11-31(19-26)17-21-4-2-1-3-5-21/h1-9,23H,10-17,19H2,(H,29,34)(H,30,33). The number of rotatable bonds is 8. The summed E-state index contributed by atoms with van der Waals surface area (Å²) in [7, 11) is 0. The number of carbonyl (C=O) groups excluding carboxylic acids is 2. The van der Waals surface area contributed by atoms with Crippen molar-refractivity contribution >= 4 is 23.6 Å². The van der Waals surface area contributed by atoms with Crippen molar-refractivity contribution in [2.24, 2.45) is 0 Å². The molecule has 2 aliphatic heterocycles. The summed E-state index contributed by atoms with van der Waals surface area (Å²) in [6, 6.07) is 18.4. The molecule has 36 heavy (non-hydrogen) atoms. The first-order chi connectivity index (χ1) is 17.4. The quantitative estimate of drug-likeness (QED) is 0.560. The Morgan fingerprint density at radius 1 is 1.08 bits per heavy atom. The normalized spacial score (nSPS) is 21.3. The highest BCUT2D eigenvalue weighted by Crippen LogP contribution is 2.23. The Morgan fingerprint density at radius 3 is 2.50 bits per heavy atom. The summed E-state index contributed by atoms with van der Waals surface area (Å²) in [5, 5.41) is 17.7. The van der Waals surface area contributed by atoms with Crippen molar-refractivity contribution < 1.29 is 19.2 Å². The van der Waals surface area contributed by atoms with Gasteiger partial charge >= 0.3 is 6.09 Å². The highest BCUT2D eigenvalue weighted by atomic mass is 35.5. The van der Waals surface area contributed by atoms with Gasteiger partial charge in [-0.25, -0.2) is 4.79 Å². The maximum Gasteiger partial charge on any atom is 0.426 e. The highest BCUT2D eigenvalue weighted by molar-refractivity contribution is 6.30. The number of morpholine rings is 1. The van der Waals surface area contributed by atoms with Crippen LogP contribution in [0.5, 0.6) is 0 Å². The van der Waals surface area contributed by atoms with Crippen LogP contribution in [-0.4, -0.2) is 72.9 Å². The first-order valence-corrected chi connectivity index (χ1v) is 12.4. The van der Waals surface area contributed by atoms with E-state index in [9.17, 15) is 14.9 Å². The summed E-state index contributed by atoms with van der Waals surface area (Å²) in [5.41, 5.74) is 0.917. The molecule has 2 aromatic carbocycles. The molecule has 0 aromatic heterocycles. The minimum atomic E-state index is -1.04. The molecule has 0 saturated carbocycles. The lowest BCUT2D eigenvalue weighted by molar-refractivity contribution is -0.147. The zero-order valence-corrected chi connectivity index (χ0v) is 20.7. The minimum absolute atomic E-state index is 0.219. The van der Waals surface area contributed by atoms with Crippen LogP contribution in [0.1, 0.15) is 17.5 Å². The van der Waals surface area contributed by atoms with Crippen molar-refractivity contribution in [3.63, 3.8) is 0 Å². The number of ether oxygens (including phenoxy) is 1. The largest absolute Gasteiger partial charge is 0.426 e. The molecule has 2 N–H and O–H groups in total. The molecular weight excluding hydrogens is 482 g/mol. The predicted octanol–water partition coefficient (Wildman–Crippen LogP) is 2.51. The first kappa shape index (κ1) is 25.9. The van der Waals surface area contributed by atoms with E-state index >= 15 is 0 Å². The van der Waals surface area contributed by atoms with Gasteiger partial charge in [-0.1, -0.05) is 54.1 Å². The Kier molecular flexibility index (Phi) is 8.78. The van der Waals surface area contributed by atoms with Crippen LogP contribution in [0.4, 0.5) is 4.79 Å². The fraction of sp³-hybridized carbons (Fsp3) is 0.423. The van der Waals surface area contributed by atoms with E-state index < -0.39 is 23.6 Å². The number of amides is 2. The van der Waals surface area contributed by atoms with Gasteiger partial charge in [-0.15, -0.1) is 5.06 Å². The smallest absolute Gasteiger partial charge is 0.379 e. The van der Waals surface area contributed by atoms with Gasteiger partial charge in [-0.05, 0) is 29.7 Å². The Hall–Kier alpha value is -3.16. The number of halogens is 1. The molecule has 0 spiro atoms. The molecule has 2 atom stereocenters. The third-order valence-corrected chi connectivity index (χ3v) is 6.57. The number of benzene rings is 2. The van der Waals surface area contributed by atoms with Gasteiger partial charge in [-0.3, -0.25) is 9.69 Å². The zero-order chi connectivity index (χ0) is 25.4. The van der Waals surface area contributed by atoms with Gasteiger partial charge in [0.25, 0.3) is 0 Å². The van der Waals surface area contributed by atoms with E-state index in [1.165, 1.54) is 5.06 Å². The highest BCUT2D eigenvalue weighted by Gasteiger charge is 2.41. The van der Waals surface area contributed by atoms with Gasteiger partial charge in [0, 0.05) is 31.1 Å². The van der Waals surface area contributed by atoms with E-state index in [1.54, 1.807) is 24.3 Å². The van der Waals surface area contributed by atoms with Gasteiger partial charge in [0.1, 0.15) is 11.6 Å². The van der Waals surface area contributed by atoms with Gasteiger partial charge in [0.2, 0.25) is 5.91 Å². The number of likely N-dealkylation sites (tertiary alicyclic amines) is 1. The van der Waals surface area contributed by atoms with E-state index in [0.29, 0.717) is 57.4 Å². The molecule has 2 saturated heterocycles. The molecular formula is C26H30ClN5O4. The van der Waals surface area contributed by atoms with E-state index in [4.69, 9.17) is 21.2 Å². The summed E-state index contributed by atoms with van der Waals surface area (Å²) < 4.78 is 5.27. The molecule has 2 heterocycles. The van der Waals surface area contributed by atoms with E-state index in [1.807, 2.05) is 30.3 Å². The van der Waals surface area contributed by atoms with Gasteiger partial charge in [-0.2, -0.15) is 5.26 Å². The zero-order valence-electron chi connectivity index (χ0n) is 20.0. The van der Waals surface area contributed by atoms with Crippen molar-refractivity contribution in [2.45, 2.75) is 31.0 Å². The van der Waals surface area contributed by atoms with Crippen LogP contribution in [0.25, 0.3) is 0 Å². The average Bonchev–Trinajstić information content (AvgIpc) is 3.28. The maximum atomic E-state index is 13.4. The Labute approximate surface area is 215 Å². The number of nitriles is 1. The van der Waals surface area contributed by atoms with Crippen LogP contribution >= 0.6 is 11.6 Å². The maximum absolute atomic E-state index is 13.4. The van der Waals surface area contributed by atoms with Crippen molar-refractivity contribution in [2.75, 3.05) is 39.4 Å². The fourth-order valence-electron chi connectivity index (χ4n) is 4.40. The van der Waals surface area contributed by atoms with E-state index in [2.05, 4.69) is 21.6 Å². The lowest BCUT2D eigenvalue weighted by Crippen LogP contribution is -2.57. The second-order valence-electron chi connectivity index (χ2n) is 9.08. The number of hydrogen-bond acceptors (Lipinski definition) is 7. The molecule has 2 unspecified atom stereocenters. The summed E-state index contributed by atoms with van der Waals surface area (Å²) in [6.07, 6.45) is -0.0149. The molecule has 2 amide bonds. The number of nitrogens with one attached hydrogen (secondary N) is 2. The number of hydroxylamine groups is 2. The second-order valence-corrected chi connectivity index (χ2v) is 9.51. The van der Waals surface area contributed by atoms with Crippen LogP contribution in [0, 0.1) is 11.3 Å². The van der Waals surface area contributed by atoms with Gasteiger partial charge in [0.15, 0.2) is 0 Å². The van der Waals surface area contributed by atoms with Crippen molar-refractivity contribution in [1.29, 1.82) is 5.26 Å². The Bertz CT molecular complexity index is 1070. The average molecular weight is 512 g/mol. The minimum Gasteiger partial charge on any atom is -0.379 e. The predicted molar refractivity (Wildman–Crippen MR) is 134 cm³/mol. The molecule has 2 aromatic rings. The topological polar surface area (TPSA) is 107 Å². The van der Waals surface area contributed by atoms with Crippen LogP contribution < -0.4 is 10.6 Å². The van der Waals surface area contributed by atoms with E-state index in [-0.39, 0.29) is 6.42 Å². The molecule has 4 rings (SSSR count). The summed E-state index contributed by atoms with van der Waals surface area (Å²) in [6.45, 7) is 3.61. The van der Waals surface area contributed by atoms with Crippen molar-refractivity contribution in [3.05, 3.63) is 70.7 Å². The first-order valence-electron chi connectivity index (χ1n) is 12.0. The van der Waals surface area contributed by atoms with Crippen LogP contribution in [0.3, 0.4) is 0 Å². The Balaban J connectivity index is 1.42. The number of carbonyl (C=O) groups is 2. The Morgan fingerprint density at radius 2 is 1.81 bits per heavy atom. The lowest BCUT2D eigenvalue weighted by atomic mass is 9.98. The third-order valence-electron chi connectivity index (χ3n) is 6.32.